The summed E-state index contributed by atoms with van der Waals surface area (Å²) < 4.78 is 0. The minimum Gasteiger partial charge on any atom is -0.382 e. The van der Waals surface area contributed by atoms with E-state index in [9.17, 15) is 14.9 Å². The summed E-state index contributed by atoms with van der Waals surface area (Å²) in [5.41, 5.74) is 0.915. The number of hydrogen-bond acceptors (Lipinski definition) is 6. The number of nitro benzene ring substituents is 1. The van der Waals surface area contributed by atoms with Crippen molar-refractivity contribution in [3.63, 3.8) is 0 Å². The molecule has 0 saturated heterocycles. The van der Waals surface area contributed by atoms with Gasteiger partial charge in [-0.25, -0.2) is 0 Å². The smallest absolute Gasteiger partial charge is 0.271 e. The summed E-state index contributed by atoms with van der Waals surface area (Å²) in [6, 6.07) is 11.2. The van der Waals surface area contributed by atoms with E-state index >= 15 is 0 Å². The van der Waals surface area contributed by atoms with Crippen molar-refractivity contribution < 1.29 is 9.72 Å². The summed E-state index contributed by atoms with van der Waals surface area (Å²) in [5, 5.41) is 23.0. The average Bonchev–Trinajstić information content (AvgIpc) is 2.73. The summed E-state index contributed by atoms with van der Waals surface area (Å²) in [6.07, 6.45) is 5.32. The predicted octanol–water partition coefficient (Wildman–Crippen LogP) is 5.84. The van der Waals surface area contributed by atoms with Gasteiger partial charge in [0.1, 0.15) is 5.71 Å². The SMILES string of the molecule is N=C(C(=O)c1cccc(SCl)c1)c1ccc([N+](=O)[O-])cc1NC1CCCCC1. The molecule has 3 rings (SSSR count). The third-order valence-electron chi connectivity index (χ3n) is 4.86. The Kier molecular flexibility index (Phi) is 6.70. The van der Waals surface area contributed by atoms with Crippen LogP contribution < -0.4 is 5.32 Å². The van der Waals surface area contributed by atoms with Crippen LogP contribution in [0.3, 0.4) is 0 Å². The lowest BCUT2D eigenvalue weighted by molar-refractivity contribution is -0.384. The van der Waals surface area contributed by atoms with Crippen molar-refractivity contribution in [1.29, 1.82) is 5.41 Å². The molecule has 0 spiro atoms. The van der Waals surface area contributed by atoms with Gasteiger partial charge in [-0.05, 0) is 52.7 Å². The highest BCUT2D eigenvalue weighted by Gasteiger charge is 2.22. The number of halogens is 1. The zero-order valence-electron chi connectivity index (χ0n) is 15.1. The first-order valence-electron chi connectivity index (χ1n) is 9.07. The van der Waals surface area contributed by atoms with E-state index in [-0.39, 0.29) is 17.4 Å². The van der Waals surface area contributed by atoms with Crippen molar-refractivity contribution >= 4 is 44.5 Å². The Morgan fingerprint density at radius 3 is 2.61 bits per heavy atom. The topological polar surface area (TPSA) is 96.1 Å². The summed E-state index contributed by atoms with van der Waals surface area (Å²) in [7, 11) is 6.76. The van der Waals surface area contributed by atoms with Crippen molar-refractivity contribution in [1.82, 2.24) is 0 Å². The molecular weight excluding hydrogens is 398 g/mol. The Hall–Kier alpha value is -2.38. The number of carbonyl (C=O) groups excluding carboxylic acids is 1. The molecule has 1 aliphatic carbocycles. The van der Waals surface area contributed by atoms with Crippen LogP contribution in [-0.4, -0.2) is 22.5 Å². The second kappa shape index (κ2) is 9.21. The molecule has 6 nitrogen and oxygen atoms in total. The number of ketones is 1. The number of carbonyl (C=O) groups is 1. The van der Waals surface area contributed by atoms with E-state index in [0.29, 0.717) is 21.7 Å². The van der Waals surface area contributed by atoms with Crippen molar-refractivity contribution in [2.75, 3.05) is 5.32 Å². The fraction of sp³-hybridized carbons (Fsp3) is 0.300. The molecule has 0 unspecified atom stereocenters. The maximum absolute atomic E-state index is 12.8. The summed E-state index contributed by atoms with van der Waals surface area (Å²) in [5.74, 6) is -0.451. The molecule has 0 bridgehead atoms. The van der Waals surface area contributed by atoms with Gasteiger partial charge in [0, 0.05) is 34.2 Å². The van der Waals surface area contributed by atoms with Gasteiger partial charge in [0.2, 0.25) is 5.78 Å². The fourth-order valence-electron chi connectivity index (χ4n) is 3.40. The molecule has 0 heterocycles. The van der Waals surface area contributed by atoms with E-state index in [4.69, 9.17) is 16.1 Å². The van der Waals surface area contributed by atoms with Crippen LogP contribution >= 0.6 is 21.7 Å². The highest BCUT2D eigenvalue weighted by Crippen LogP contribution is 2.29. The molecule has 2 aromatic rings. The zero-order valence-corrected chi connectivity index (χ0v) is 16.7. The van der Waals surface area contributed by atoms with Crippen LogP contribution in [0.4, 0.5) is 11.4 Å². The highest BCUT2D eigenvalue weighted by molar-refractivity contribution is 8.21. The summed E-state index contributed by atoms with van der Waals surface area (Å²) in [4.78, 5) is 24.3. The largest absolute Gasteiger partial charge is 0.382 e. The van der Waals surface area contributed by atoms with Gasteiger partial charge in [-0.3, -0.25) is 20.3 Å². The van der Waals surface area contributed by atoms with E-state index in [1.165, 1.54) is 24.6 Å². The maximum Gasteiger partial charge on any atom is 0.271 e. The summed E-state index contributed by atoms with van der Waals surface area (Å²) >= 11 is 0. The molecule has 2 N–H and O–H groups in total. The molecule has 0 atom stereocenters. The Morgan fingerprint density at radius 1 is 1.18 bits per heavy atom. The first kappa shape index (κ1) is 20.4. The predicted molar refractivity (Wildman–Crippen MR) is 113 cm³/mol. The first-order chi connectivity index (χ1) is 13.5. The number of Topliss-reactive ketones (excluding diaryl/α,β-unsaturated/α-hetero) is 1. The number of nitrogens with one attached hydrogen (secondary N) is 2. The lowest BCUT2D eigenvalue weighted by Gasteiger charge is -2.25. The third kappa shape index (κ3) is 4.72. The number of nitrogens with zero attached hydrogens (tertiary/aromatic N) is 1. The molecule has 8 heteroatoms. The third-order valence-corrected chi connectivity index (χ3v) is 5.83. The van der Waals surface area contributed by atoms with Crippen molar-refractivity contribution in [3.05, 3.63) is 63.7 Å². The Balaban J connectivity index is 1.93. The van der Waals surface area contributed by atoms with Crippen molar-refractivity contribution in [2.45, 2.75) is 43.0 Å². The van der Waals surface area contributed by atoms with E-state index in [1.54, 1.807) is 24.3 Å². The fourth-order valence-corrected chi connectivity index (χ4v) is 3.99. The van der Waals surface area contributed by atoms with Crippen LogP contribution in [0, 0.1) is 15.5 Å². The van der Waals surface area contributed by atoms with Crippen LogP contribution in [0.1, 0.15) is 48.0 Å². The molecule has 1 aliphatic rings. The normalized spacial score (nSPS) is 14.5. The molecule has 0 aromatic heterocycles. The van der Waals surface area contributed by atoms with Crippen LogP contribution in [0.15, 0.2) is 47.4 Å². The number of non-ortho nitro benzene ring substituents is 1. The molecule has 1 fully saturated rings. The van der Waals surface area contributed by atoms with Gasteiger partial charge in [-0.1, -0.05) is 31.4 Å². The number of nitro groups is 1. The van der Waals surface area contributed by atoms with E-state index < -0.39 is 10.7 Å². The Morgan fingerprint density at radius 2 is 1.93 bits per heavy atom. The molecular formula is C20H20ClN3O3S. The Labute approximate surface area is 171 Å². The van der Waals surface area contributed by atoms with Crippen LogP contribution in [0.2, 0.25) is 0 Å². The van der Waals surface area contributed by atoms with Crippen molar-refractivity contribution in [3.8, 4) is 0 Å². The molecule has 1 saturated carbocycles. The van der Waals surface area contributed by atoms with E-state index in [2.05, 4.69) is 5.32 Å². The number of rotatable bonds is 7. The van der Waals surface area contributed by atoms with Gasteiger partial charge in [-0.15, -0.1) is 0 Å². The molecule has 2 aromatic carbocycles. The minimum atomic E-state index is -0.470. The Bertz CT molecular complexity index is 913. The first-order valence-corrected chi connectivity index (χ1v) is 10.7. The molecule has 0 aliphatic heterocycles. The quantitative estimate of drug-likeness (QED) is 0.255. The minimum absolute atomic E-state index is 0.0668. The highest BCUT2D eigenvalue weighted by atomic mass is 35.7. The molecule has 28 heavy (non-hydrogen) atoms. The van der Waals surface area contributed by atoms with Gasteiger partial charge in [0.25, 0.3) is 5.69 Å². The lowest BCUT2D eigenvalue weighted by atomic mass is 9.94. The average molecular weight is 418 g/mol. The van der Waals surface area contributed by atoms with Crippen LogP contribution in [0.5, 0.6) is 0 Å². The van der Waals surface area contributed by atoms with Gasteiger partial charge in [0.15, 0.2) is 0 Å². The van der Waals surface area contributed by atoms with E-state index in [0.717, 1.165) is 36.7 Å². The molecule has 0 amide bonds. The second-order valence-corrected chi connectivity index (χ2v) is 7.86. The van der Waals surface area contributed by atoms with Crippen molar-refractivity contribution in [2.24, 2.45) is 0 Å². The second-order valence-electron chi connectivity index (χ2n) is 6.78. The molecule has 146 valence electrons. The maximum atomic E-state index is 12.8. The van der Waals surface area contributed by atoms with Gasteiger partial charge < -0.3 is 5.32 Å². The standard InChI is InChI=1S/C20H20ClN3O3S/c21-28-16-8-4-5-13(11-16)20(25)19(22)17-10-9-15(24(26)27)12-18(17)23-14-6-2-1-3-7-14/h4-5,8-12,14,22-23H,1-3,6-7H2. The van der Waals surface area contributed by atoms with Crippen LogP contribution in [0.25, 0.3) is 0 Å². The summed E-state index contributed by atoms with van der Waals surface area (Å²) in [6.45, 7) is 0. The molecule has 0 radical (unpaired) electrons. The van der Waals surface area contributed by atoms with Gasteiger partial charge in [0.05, 0.1) is 10.6 Å². The number of anilines is 1. The monoisotopic (exact) mass is 417 g/mol. The zero-order chi connectivity index (χ0) is 20.1. The van der Waals surface area contributed by atoms with Crippen LogP contribution in [-0.2, 0) is 0 Å². The van der Waals surface area contributed by atoms with Gasteiger partial charge in [-0.2, -0.15) is 0 Å². The van der Waals surface area contributed by atoms with E-state index in [1.807, 2.05) is 0 Å². The lowest BCUT2D eigenvalue weighted by Crippen LogP contribution is -2.25. The van der Waals surface area contributed by atoms with Gasteiger partial charge >= 0.3 is 0 Å². The number of hydrogen-bond donors (Lipinski definition) is 2. The number of benzene rings is 2.